The molecular weight excluding hydrogens is 462 g/mol. The number of thioether (sulfide) groups is 1. The molecule has 3 rings (SSSR count). The number of hydrazone groups is 1. The number of nitrogen functional groups attached to an aromatic ring is 1. The molecule has 0 atom stereocenters. The van der Waals surface area contributed by atoms with Crippen LogP contribution in [0.15, 0.2) is 46.7 Å². The number of amides is 1. The molecule has 0 saturated heterocycles. The number of aromatic nitrogens is 3. The number of ether oxygens (including phenoxy) is 4. The van der Waals surface area contributed by atoms with Gasteiger partial charge in [-0.15, -0.1) is 10.2 Å². The molecule has 0 fully saturated rings. The van der Waals surface area contributed by atoms with Gasteiger partial charge in [-0.25, -0.2) is 10.1 Å². The van der Waals surface area contributed by atoms with Gasteiger partial charge in [-0.05, 0) is 35.9 Å². The maximum absolute atomic E-state index is 12.4. The zero-order chi connectivity index (χ0) is 24.5. The van der Waals surface area contributed by atoms with E-state index in [2.05, 4.69) is 26.0 Å². The second-order valence-corrected chi connectivity index (χ2v) is 7.51. The zero-order valence-corrected chi connectivity index (χ0v) is 19.9. The smallest absolute Gasteiger partial charge is 0.264 e. The van der Waals surface area contributed by atoms with Gasteiger partial charge in [0, 0.05) is 6.07 Å². The Bertz CT molecular complexity index is 1170. The van der Waals surface area contributed by atoms with Crippen molar-refractivity contribution in [3.05, 3.63) is 42.0 Å². The number of benzene rings is 2. The van der Waals surface area contributed by atoms with Crippen LogP contribution >= 0.6 is 11.8 Å². The SMILES string of the molecule is COc1ccc(OC)c(NC(=O)CSc2nnc(N/N=C/c3ccc(OC)c(OC)c3)n2N)c1. The van der Waals surface area contributed by atoms with Crippen molar-refractivity contribution in [1.29, 1.82) is 0 Å². The van der Waals surface area contributed by atoms with Crippen LogP contribution in [0.4, 0.5) is 11.6 Å². The van der Waals surface area contributed by atoms with Crippen molar-refractivity contribution < 1.29 is 23.7 Å². The van der Waals surface area contributed by atoms with Crippen molar-refractivity contribution in [2.24, 2.45) is 5.10 Å². The van der Waals surface area contributed by atoms with Crippen molar-refractivity contribution >= 4 is 35.5 Å². The molecule has 13 heteroatoms. The summed E-state index contributed by atoms with van der Waals surface area (Å²) in [5.74, 6) is 8.29. The highest BCUT2D eigenvalue weighted by molar-refractivity contribution is 7.99. The largest absolute Gasteiger partial charge is 0.497 e. The normalized spacial score (nSPS) is 10.7. The standard InChI is InChI=1S/C21H25N7O5S/c1-30-14-6-8-16(31-2)15(10-14)24-19(29)12-34-21-27-26-20(28(21)22)25-23-11-13-5-7-17(32-3)18(9-13)33-4/h5-11H,12,22H2,1-4H3,(H,24,29)(H,25,26)/b23-11+. The number of rotatable bonds is 11. The van der Waals surface area contributed by atoms with Gasteiger partial charge in [0.05, 0.1) is 46.1 Å². The Morgan fingerprint density at radius 3 is 2.47 bits per heavy atom. The average molecular weight is 488 g/mol. The van der Waals surface area contributed by atoms with Crippen LogP contribution in [0, 0.1) is 0 Å². The number of nitrogens with zero attached hydrogens (tertiary/aromatic N) is 4. The summed E-state index contributed by atoms with van der Waals surface area (Å²) < 4.78 is 22.1. The Labute approximate surface area is 200 Å². The first-order valence-corrected chi connectivity index (χ1v) is 10.8. The Hall–Kier alpha value is -4.13. The summed E-state index contributed by atoms with van der Waals surface area (Å²) in [5, 5.41) is 15.2. The van der Waals surface area contributed by atoms with Crippen LogP contribution in [0.2, 0.25) is 0 Å². The number of anilines is 2. The molecule has 3 aromatic rings. The molecule has 12 nitrogen and oxygen atoms in total. The van der Waals surface area contributed by atoms with Crippen LogP contribution in [-0.4, -0.2) is 61.2 Å². The van der Waals surface area contributed by atoms with Gasteiger partial charge < -0.3 is 30.1 Å². The zero-order valence-electron chi connectivity index (χ0n) is 19.1. The van der Waals surface area contributed by atoms with E-state index in [-0.39, 0.29) is 17.6 Å². The first-order chi connectivity index (χ1) is 16.5. The molecule has 1 heterocycles. The van der Waals surface area contributed by atoms with E-state index in [0.29, 0.717) is 33.8 Å². The van der Waals surface area contributed by atoms with Gasteiger partial charge in [0.15, 0.2) is 11.5 Å². The van der Waals surface area contributed by atoms with Crippen molar-refractivity contribution in [2.75, 3.05) is 50.8 Å². The third kappa shape index (κ3) is 6.01. The minimum Gasteiger partial charge on any atom is -0.497 e. The van der Waals surface area contributed by atoms with E-state index in [1.165, 1.54) is 11.8 Å². The second-order valence-electron chi connectivity index (χ2n) is 6.56. The average Bonchev–Trinajstić information content (AvgIpc) is 3.21. The number of nitrogens with one attached hydrogen (secondary N) is 2. The lowest BCUT2D eigenvalue weighted by atomic mass is 10.2. The van der Waals surface area contributed by atoms with Gasteiger partial charge in [-0.2, -0.15) is 5.10 Å². The summed E-state index contributed by atoms with van der Waals surface area (Å²) >= 11 is 1.12. The molecule has 0 spiro atoms. The fourth-order valence-corrected chi connectivity index (χ4v) is 3.43. The first-order valence-electron chi connectivity index (χ1n) is 9.85. The number of nitrogens with two attached hydrogens (primary N) is 1. The van der Waals surface area contributed by atoms with Crippen LogP contribution in [0.5, 0.6) is 23.0 Å². The van der Waals surface area contributed by atoms with E-state index in [1.54, 1.807) is 57.9 Å². The van der Waals surface area contributed by atoms with Crippen LogP contribution in [0.3, 0.4) is 0 Å². The molecule has 34 heavy (non-hydrogen) atoms. The highest BCUT2D eigenvalue weighted by Gasteiger charge is 2.14. The lowest BCUT2D eigenvalue weighted by Gasteiger charge is -2.11. The molecule has 0 aliphatic carbocycles. The van der Waals surface area contributed by atoms with E-state index in [0.717, 1.165) is 17.3 Å². The molecule has 2 aromatic carbocycles. The summed E-state index contributed by atoms with van der Waals surface area (Å²) in [6.45, 7) is 0. The van der Waals surface area contributed by atoms with E-state index in [4.69, 9.17) is 24.8 Å². The number of hydrogen-bond donors (Lipinski definition) is 3. The molecule has 0 aliphatic rings. The maximum atomic E-state index is 12.4. The van der Waals surface area contributed by atoms with Gasteiger partial charge in [-0.3, -0.25) is 4.79 Å². The van der Waals surface area contributed by atoms with Crippen molar-refractivity contribution in [1.82, 2.24) is 14.9 Å². The van der Waals surface area contributed by atoms with Crippen LogP contribution < -0.4 is 35.5 Å². The maximum Gasteiger partial charge on any atom is 0.264 e. The van der Waals surface area contributed by atoms with E-state index in [9.17, 15) is 4.79 Å². The van der Waals surface area contributed by atoms with Gasteiger partial charge in [-0.1, -0.05) is 11.8 Å². The Morgan fingerprint density at radius 2 is 1.76 bits per heavy atom. The number of carbonyl (C=O) groups is 1. The molecule has 0 aliphatic heterocycles. The van der Waals surface area contributed by atoms with Gasteiger partial charge >= 0.3 is 0 Å². The fourth-order valence-electron chi connectivity index (χ4n) is 2.78. The highest BCUT2D eigenvalue weighted by Crippen LogP contribution is 2.29. The quantitative estimate of drug-likeness (QED) is 0.159. The van der Waals surface area contributed by atoms with Crippen LogP contribution in [-0.2, 0) is 4.79 Å². The molecule has 0 bridgehead atoms. The molecule has 0 saturated carbocycles. The predicted octanol–water partition coefficient (Wildman–Crippen LogP) is 2.20. The van der Waals surface area contributed by atoms with E-state index < -0.39 is 0 Å². The van der Waals surface area contributed by atoms with E-state index in [1.807, 2.05) is 6.07 Å². The van der Waals surface area contributed by atoms with Gasteiger partial charge in [0.2, 0.25) is 11.1 Å². The molecule has 0 radical (unpaired) electrons. The minimum atomic E-state index is -0.277. The summed E-state index contributed by atoms with van der Waals surface area (Å²) in [4.78, 5) is 12.4. The molecular formula is C21H25N7O5S. The third-order valence-corrected chi connectivity index (χ3v) is 5.41. The van der Waals surface area contributed by atoms with Crippen molar-refractivity contribution in [3.8, 4) is 23.0 Å². The molecule has 1 aromatic heterocycles. The van der Waals surface area contributed by atoms with Gasteiger partial charge in [0.1, 0.15) is 11.5 Å². The summed E-state index contributed by atoms with van der Waals surface area (Å²) in [7, 11) is 6.18. The number of methoxy groups -OCH3 is 4. The Balaban J connectivity index is 1.57. The summed E-state index contributed by atoms with van der Waals surface area (Å²) in [6, 6.07) is 10.5. The minimum absolute atomic E-state index is 0.0462. The Morgan fingerprint density at radius 1 is 1.03 bits per heavy atom. The summed E-state index contributed by atoms with van der Waals surface area (Å²) in [5.41, 5.74) is 3.99. The molecule has 1 amide bonds. The highest BCUT2D eigenvalue weighted by atomic mass is 32.2. The van der Waals surface area contributed by atoms with Crippen LogP contribution in [0.1, 0.15) is 5.56 Å². The Kier molecular flexibility index (Phi) is 8.40. The second kappa shape index (κ2) is 11.7. The fraction of sp³-hybridized carbons (Fsp3) is 0.238. The van der Waals surface area contributed by atoms with Crippen molar-refractivity contribution in [2.45, 2.75) is 5.16 Å². The predicted molar refractivity (Wildman–Crippen MR) is 130 cm³/mol. The first kappa shape index (κ1) is 24.5. The monoisotopic (exact) mass is 487 g/mol. The summed E-state index contributed by atoms with van der Waals surface area (Å²) in [6.07, 6.45) is 1.57. The number of hydrogen-bond acceptors (Lipinski definition) is 11. The molecule has 4 N–H and O–H groups in total. The van der Waals surface area contributed by atoms with E-state index >= 15 is 0 Å². The number of carbonyl (C=O) groups excluding carboxylic acids is 1. The molecule has 180 valence electrons. The van der Waals surface area contributed by atoms with Gasteiger partial charge in [0.25, 0.3) is 5.95 Å². The molecule has 0 unspecified atom stereocenters. The topological polar surface area (TPSA) is 147 Å². The van der Waals surface area contributed by atoms with Crippen LogP contribution in [0.25, 0.3) is 0 Å². The third-order valence-electron chi connectivity index (χ3n) is 4.46. The van der Waals surface area contributed by atoms with Crippen molar-refractivity contribution in [3.63, 3.8) is 0 Å². The lowest BCUT2D eigenvalue weighted by Crippen LogP contribution is -2.17. The lowest BCUT2D eigenvalue weighted by molar-refractivity contribution is -0.113.